The number of alkyl halides is 3. The van der Waals surface area contributed by atoms with Gasteiger partial charge in [0.25, 0.3) is 0 Å². The molecule has 1 unspecified atom stereocenters. The highest BCUT2D eigenvalue weighted by Crippen LogP contribution is 2.20. The minimum Gasteiger partial charge on any atom is -0.391 e. The van der Waals surface area contributed by atoms with Gasteiger partial charge in [-0.15, -0.1) is 0 Å². The van der Waals surface area contributed by atoms with Crippen LogP contribution in [0.5, 0.6) is 0 Å². The maximum Gasteiger partial charge on any atom is 0.401 e. The molecule has 0 saturated carbocycles. The lowest BCUT2D eigenvalue weighted by molar-refractivity contribution is -0.143. The summed E-state index contributed by atoms with van der Waals surface area (Å²) in [5.41, 5.74) is 0. The third-order valence-electron chi connectivity index (χ3n) is 3.78. The van der Waals surface area contributed by atoms with E-state index in [2.05, 4.69) is 10.3 Å². The molecule has 2 aliphatic heterocycles. The molecule has 0 spiro atoms. The largest absolute Gasteiger partial charge is 0.401 e. The number of likely N-dealkylation sites (tertiary alicyclic amines) is 2. The van der Waals surface area contributed by atoms with Gasteiger partial charge in [-0.3, -0.25) is 9.89 Å². The van der Waals surface area contributed by atoms with E-state index in [1.807, 2.05) is 11.8 Å². The van der Waals surface area contributed by atoms with Crippen LogP contribution in [-0.2, 0) is 0 Å². The Morgan fingerprint density at radius 2 is 2.05 bits per heavy atom. The van der Waals surface area contributed by atoms with Crippen molar-refractivity contribution in [3.05, 3.63) is 0 Å². The molecule has 2 saturated heterocycles. The van der Waals surface area contributed by atoms with Gasteiger partial charge in [0.15, 0.2) is 5.96 Å². The Hall–Kier alpha value is -1.02. The van der Waals surface area contributed by atoms with E-state index in [1.165, 1.54) is 4.90 Å². The van der Waals surface area contributed by atoms with Crippen LogP contribution in [0, 0.1) is 0 Å². The lowest BCUT2D eigenvalue weighted by atomic mass is 10.3. The first-order valence-corrected chi connectivity index (χ1v) is 7.40. The van der Waals surface area contributed by atoms with Crippen LogP contribution in [0.4, 0.5) is 13.2 Å². The molecule has 2 rings (SSSR count). The van der Waals surface area contributed by atoms with Gasteiger partial charge in [0, 0.05) is 38.8 Å². The number of nitrogens with zero attached hydrogens (tertiary/aromatic N) is 3. The van der Waals surface area contributed by atoms with Crippen LogP contribution in [-0.4, -0.2) is 78.5 Å². The zero-order valence-corrected chi connectivity index (χ0v) is 12.2. The lowest BCUT2D eigenvalue weighted by Crippen LogP contribution is -2.47. The van der Waals surface area contributed by atoms with Crippen LogP contribution in [0.15, 0.2) is 4.99 Å². The fourth-order valence-electron chi connectivity index (χ4n) is 2.85. The number of β-amino-alcohol motifs (C(OH)–C–C–N with tert-alkyl or cyclic N) is 1. The Bertz CT molecular complexity index is 375. The average molecular weight is 308 g/mol. The molecule has 2 heterocycles. The molecular formula is C13H23F3N4O. The number of nitrogens with one attached hydrogen (secondary N) is 1. The van der Waals surface area contributed by atoms with E-state index in [-0.39, 0.29) is 12.1 Å². The van der Waals surface area contributed by atoms with Gasteiger partial charge in [0.1, 0.15) is 0 Å². The summed E-state index contributed by atoms with van der Waals surface area (Å²) in [5.74, 6) is 0.702. The summed E-state index contributed by atoms with van der Waals surface area (Å²) in [5, 5.41) is 12.8. The summed E-state index contributed by atoms with van der Waals surface area (Å²) < 4.78 is 37.2. The maximum absolute atomic E-state index is 12.4. The molecule has 2 atom stereocenters. The Balaban J connectivity index is 1.86. The fraction of sp³-hybridized carbons (Fsp3) is 0.923. The second-order valence-corrected chi connectivity index (χ2v) is 5.67. The van der Waals surface area contributed by atoms with Crippen LogP contribution in [0.1, 0.15) is 19.8 Å². The fourth-order valence-corrected chi connectivity index (χ4v) is 2.85. The van der Waals surface area contributed by atoms with E-state index in [9.17, 15) is 18.3 Å². The smallest absolute Gasteiger partial charge is 0.391 e. The normalized spacial score (nSPS) is 28.4. The van der Waals surface area contributed by atoms with Crippen LogP contribution in [0.3, 0.4) is 0 Å². The maximum atomic E-state index is 12.4. The first-order valence-electron chi connectivity index (χ1n) is 7.40. The number of aliphatic hydroxyl groups excluding tert-OH is 1. The van der Waals surface area contributed by atoms with Crippen molar-refractivity contribution >= 4 is 5.96 Å². The second kappa shape index (κ2) is 6.83. The van der Waals surface area contributed by atoms with Crippen molar-refractivity contribution in [1.29, 1.82) is 0 Å². The van der Waals surface area contributed by atoms with Gasteiger partial charge >= 0.3 is 6.18 Å². The predicted molar refractivity (Wildman–Crippen MR) is 74.2 cm³/mol. The van der Waals surface area contributed by atoms with Gasteiger partial charge in [-0.1, -0.05) is 0 Å². The van der Waals surface area contributed by atoms with Gasteiger partial charge in [-0.05, 0) is 19.8 Å². The number of hydrogen-bond donors (Lipinski definition) is 2. The van der Waals surface area contributed by atoms with E-state index in [4.69, 9.17) is 0 Å². The molecular weight excluding hydrogens is 285 g/mol. The minimum atomic E-state index is -4.14. The summed E-state index contributed by atoms with van der Waals surface area (Å²) in [6.07, 6.45) is -3.11. The van der Waals surface area contributed by atoms with Gasteiger partial charge in [0.05, 0.1) is 12.6 Å². The van der Waals surface area contributed by atoms with Gasteiger partial charge in [-0.25, -0.2) is 0 Å². The highest BCUT2D eigenvalue weighted by Gasteiger charge is 2.35. The molecule has 0 bridgehead atoms. The molecule has 2 N–H and O–H groups in total. The number of rotatable bonds is 3. The van der Waals surface area contributed by atoms with Gasteiger partial charge < -0.3 is 15.3 Å². The van der Waals surface area contributed by atoms with E-state index in [0.29, 0.717) is 45.0 Å². The van der Waals surface area contributed by atoms with Crippen molar-refractivity contribution in [2.24, 2.45) is 4.99 Å². The monoisotopic (exact) mass is 308 g/mol. The number of halogens is 3. The quantitative estimate of drug-likeness (QED) is 0.594. The summed E-state index contributed by atoms with van der Waals surface area (Å²) in [4.78, 5) is 7.77. The molecule has 2 aliphatic rings. The zero-order valence-electron chi connectivity index (χ0n) is 12.2. The molecule has 0 aromatic carbocycles. The van der Waals surface area contributed by atoms with E-state index in [0.717, 1.165) is 6.54 Å². The van der Waals surface area contributed by atoms with Gasteiger partial charge in [-0.2, -0.15) is 13.2 Å². The van der Waals surface area contributed by atoms with E-state index in [1.54, 1.807) is 0 Å². The van der Waals surface area contributed by atoms with E-state index < -0.39 is 12.7 Å². The Kier molecular flexibility index (Phi) is 5.32. The van der Waals surface area contributed by atoms with E-state index >= 15 is 0 Å². The number of hydrogen-bond acceptors (Lipinski definition) is 3. The van der Waals surface area contributed by atoms with Gasteiger partial charge in [0.2, 0.25) is 0 Å². The second-order valence-electron chi connectivity index (χ2n) is 5.67. The zero-order chi connectivity index (χ0) is 15.5. The topological polar surface area (TPSA) is 51.1 Å². The molecule has 0 aliphatic carbocycles. The molecule has 8 heteroatoms. The van der Waals surface area contributed by atoms with Crippen molar-refractivity contribution in [3.63, 3.8) is 0 Å². The summed E-state index contributed by atoms with van der Waals surface area (Å²) in [6, 6.07) is -0.0182. The number of aliphatic hydroxyl groups is 1. The predicted octanol–water partition coefficient (Wildman–Crippen LogP) is 0.655. The first kappa shape index (κ1) is 16.4. The highest BCUT2D eigenvalue weighted by molar-refractivity contribution is 5.80. The Morgan fingerprint density at radius 3 is 2.62 bits per heavy atom. The summed E-state index contributed by atoms with van der Waals surface area (Å²) in [7, 11) is 0. The third kappa shape index (κ3) is 5.03. The van der Waals surface area contributed by atoms with Crippen LogP contribution < -0.4 is 5.32 Å². The Morgan fingerprint density at radius 1 is 1.29 bits per heavy atom. The SMILES string of the molecule is CCN=C(NC1CCN(CC(F)(F)F)C1)N1CC[C@@H](O)C1. The first-order chi connectivity index (χ1) is 9.87. The minimum absolute atomic E-state index is 0.0182. The Labute approximate surface area is 122 Å². The summed E-state index contributed by atoms with van der Waals surface area (Å²) >= 11 is 0. The molecule has 0 radical (unpaired) electrons. The molecule has 2 fully saturated rings. The van der Waals surface area contributed by atoms with Crippen molar-refractivity contribution in [2.45, 2.75) is 38.1 Å². The summed E-state index contributed by atoms with van der Waals surface area (Å²) in [6.45, 7) is 3.75. The molecule has 5 nitrogen and oxygen atoms in total. The molecule has 0 amide bonds. The molecule has 0 aromatic rings. The average Bonchev–Trinajstić information content (AvgIpc) is 2.96. The molecule has 21 heavy (non-hydrogen) atoms. The van der Waals surface area contributed by atoms with Crippen LogP contribution >= 0.6 is 0 Å². The van der Waals surface area contributed by atoms with Crippen molar-refractivity contribution in [2.75, 3.05) is 39.3 Å². The molecule has 122 valence electrons. The van der Waals surface area contributed by atoms with Crippen molar-refractivity contribution in [1.82, 2.24) is 15.1 Å². The van der Waals surface area contributed by atoms with Crippen molar-refractivity contribution < 1.29 is 18.3 Å². The number of aliphatic imine (C=N–C) groups is 1. The highest BCUT2D eigenvalue weighted by atomic mass is 19.4. The van der Waals surface area contributed by atoms with Crippen LogP contribution in [0.2, 0.25) is 0 Å². The lowest BCUT2D eigenvalue weighted by Gasteiger charge is -2.25. The van der Waals surface area contributed by atoms with Crippen molar-refractivity contribution in [3.8, 4) is 0 Å². The third-order valence-corrected chi connectivity index (χ3v) is 3.78. The number of guanidine groups is 1. The molecule has 0 aromatic heterocycles. The van der Waals surface area contributed by atoms with Crippen LogP contribution in [0.25, 0.3) is 0 Å². The standard InChI is InChI=1S/C13H23F3N4O/c1-2-17-12(20-6-4-11(21)8-20)18-10-3-5-19(7-10)9-13(14,15)16/h10-11,21H,2-9H2,1H3,(H,17,18)/t10?,11-/m1/s1.